The summed E-state index contributed by atoms with van der Waals surface area (Å²) in [6, 6.07) is 8.64. The zero-order valence-corrected chi connectivity index (χ0v) is 13.9. The van der Waals surface area contributed by atoms with E-state index in [9.17, 15) is 9.59 Å². The molecule has 128 valence electrons. The molecule has 1 saturated heterocycles. The Hall–Kier alpha value is -2.89. The summed E-state index contributed by atoms with van der Waals surface area (Å²) < 4.78 is 11.4. The van der Waals surface area contributed by atoms with Gasteiger partial charge in [0.1, 0.15) is 17.1 Å². The third-order valence-electron chi connectivity index (χ3n) is 4.83. The lowest BCUT2D eigenvalue weighted by Gasteiger charge is -2.34. The van der Waals surface area contributed by atoms with Gasteiger partial charge in [-0.3, -0.25) is 14.6 Å². The van der Waals surface area contributed by atoms with Gasteiger partial charge >= 0.3 is 0 Å². The second kappa shape index (κ2) is 5.88. The summed E-state index contributed by atoms with van der Waals surface area (Å²) in [5.41, 5.74) is 0.504. The van der Waals surface area contributed by atoms with Gasteiger partial charge in [-0.2, -0.15) is 0 Å². The number of rotatable bonds is 2. The van der Waals surface area contributed by atoms with Crippen LogP contribution in [0.3, 0.4) is 0 Å². The molecule has 2 aliphatic heterocycles. The third kappa shape index (κ3) is 2.73. The fraction of sp³-hybridized carbons (Fsp3) is 0.316. The fourth-order valence-corrected chi connectivity index (χ4v) is 3.52. The molecule has 1 atom stereocenters. The van der Waals surface area contributed by atoms with E-state index >= 15 is 0 Å². The number of carbonyl (C=O) groups is 2. The van der Waals surface area contributed by atoms with Gasteiger partial charge in [-0.05, 0) is 30.3 Å². The van der Waals surface area contributed by atoms with Crippen molar-refractivity contribution in [3.8, 4) is 11.5 Å². The Kier molecular flexibility index (Phi) is 3.67. The number of methoxy groups -OCH3 is 1. The molecular formula is C19H18N2O4. The summed E-state index contributed by atoms with van der Waals surface area (Å²) in [5, 5.41) is 0. The number of carbonyl (C=O) groups excluding carboxylic acids is 2. The molecule has 6 nitrogen and oxygen atoms in total. The van der Waals surface area contributed by atoms with Gasteiger partial charge in [0.2, 0.25) is 0 Å². The maximum absolute atomic E-state index is 12.6. The zero-order chi connectivity index (χ0) is 17.4. The minimum atomic E-state index is -0.638. The van der Waals surface area contributed by atoms with E-state index in [-0.39, 0.29) is 18.1 Å². The SMILES string of the molecule is COc1ccc2c(c1)C(=O)CC1(CCN(C(=O)c3ccncc3)C1)O2. The number of hydrogen-bond donors (Lipinski definition) is 0. The van der Waals surface area contributed by atoms with Crippen LogP contribution < -0.4 is 9.47 Å². The maximum atomic E-state index is 12.6. The van der Waals surface area contributed by atoms with Gasteiger partial charge in [0.15, 0.2) is 5.78 Å². The van der Waals surface area contributed by atoms with Crippen molar-refractivity contribution < 1.29 is 19.1 Å². The van der Waals surface area contributed by atoms with Crippen LogP contribution in [0.5, 0.6) is 11.5 Å². The molecule has 1 aromatic carbocycles. The zero-order valence-electron chi connectivity index (χ0n) is 13.9. The Bertz CT molecular complexity index is 837. The van der Waals surface area contributed by atoms with Gasteiger partial charge < -0.3 is 14.4 Å². The molecule has 6 heteroatoms. The van der Waals surface area contributed by atoms with Crippen molar-refractivity contribution in [2.24, 2.45) is 0 Å². The second-order valence-electron chi connectivity index (χ2n) is 6.46. The number of fused-ring (bicyclic) bond motifs is 1. The fourth-order valence-electron chi connectivity index (χ4n) is 3.52. The Morgan fingerprint density at radius 1 is 1.28 bits per heavy atom. The van der Waals surface area contributed by atoms with Crippen LogP contribution in [0.25, 0.3) is 0 Å². The maximum Gasteiger partial charge on any atom is 0.254 e. The Labute approximate surface area is 145 Å². The van der Waals surface area contributed by atoms with E-state index in [1.165, 1.54) is 0 Å². The Balaban J connectivity index is 1.56. The van der Waals surface area contributed by atoms with E-state index in [1.807, 2.05) is 0 Å². The predicted octanol–water partition coefficient (Wildman–Crippen LogP) is 2.34. The number of likely N-dealkylation sites (tertiary alicyclic amines) is 1. The number of amides is 1. The summed E-state index contributed by atoms with van der Waals surface area (Å²) in [6.45, 7) is 0.977. The molecule has 1 aromatic heterocycles. The predicted molar refractivity (Wildman–Crippen MR) is 90.1 cm³/mol. The summed E-state index contributed by atoms with van der Waals surface area (Å²) in [6.07, 6.45) is 4.11. The van der Waals surface area contributed by atoms with Crippen LogP contribution in [0, 0.1) is 0 Å². The smallest absolute Gasteiger partial charge is 0.254 e. The molecule has 0 N–H and O–H groups in total. The van der Waals surface area contributed by atoms with Crippen LogP contribution in [-0.2, 0) is 0 Å². The summed E-state index contributed by atoms with van der Waals surface area (Å²) in [5.74, 6) is 1.16. The molecule has 2 aliphatic rings. The van der Waals surface area contributed by atoms with Crippen molar-refractivity contribution in [1.29, 1.82) is 0 Å². The van der Waals surface area contributed by atoms with Crippen LogP contribution in [0.4, 0.5) is 0 Å². The minimum Gasteiger partial charge on any atom is -0.497 e. The summed E-state index contributed by atoms with van der Waals surface area (Å²) >= 11 is 0. The molecule has 25 heavy (non-hydrogen) atoms. The van der Waals surface area contributed by atoms with Crippen molar-refractivity contribution in [3.05, 3.63) is 53.9 Å². The van der Waals surface area contributed by atoms with E-state index in [4.69, 9.17) is 9.47 Å². The van der Waals surface area contributed by atoms with E-state index in [0.717, 1.165) is 0 Å². The first-order chi connectivity index (χ1) is 12.1. The molecule has 4 rings (SSSR count). The average molecular weight is 338 g/mol. The molecule has 1 amide bonds. The van der Waals surface area contributed by atoms with Crippen molar-refractivity contribution >= 4 is 11.7 Å². The summed E-state index contributed by atoms with van der Waals surface area (Å²) in [7, 11) is 1.57. The van der Waals surface area contributed by atoms with Crippen LogP contribution in [0.2, 0.25) is 0 Å². The number of nitrogens with zero attached hydrogens (tertiary/aromatic N) is 2. The molecule has 2 aromatic rings. The first-order valence-electron chi connectivity index (χ1n) is 8.20. The normalized spacial score (nSPS) is 21.8. The van der Waals surface area contributed by atoms with Crippen LogP contribution in [0.15, 0.2) is 42.7 Å². The highest BCUT2D eigenvalue weighted by atomic mass is 16.5. The van der Waals surface area contributed by atoms with Crippen molar-refractivity contribution in [3.63, 3.8) is 0 Å². The number of aromatic nitrogens is 1. The van der Waals surface area contributed by atoms with Crippen molar-refractivity contribution in [2.45, 2.75) is 18.4 Å². The quantitative estimate of drug-likeness (QED) is 0.841. The number of Topliss-reactive ketones (excluding diaryl/α,β-unsaturated/α-hetero) is 1. The van der Waals surface area contributed by atoms with E-state index < -0.39 is 5.60 Å². The number of ketones is 1. The average Bonchev–Trinajstić information content (AvgIpc) is 3.04. The first kappa shape index (κ1) is 15.6. The van der Waals surface area contributed by atoms with Gasteiger partial charge in [0.25, 0.3) is 5.91 Å². The van der Waals surface area contributed by atoms with Crippen LogP contribution in [-0.4, -0.2) is 47.4 Å². The van der Waals surface area contributed by atoms with Gasteiger partial charge in [-0.25, -0.2) is 0 Å². The molecule has 1 unspecified atom stereocenters. The lowest BCUT2D eigenvalue weighted by atomic mass is 9.89. The van der Waals surface area contributed by atoms with Crippen molar-refractivity contribution in [2.75, 3.05) is 20.2 Å². The highest BCUT2D eigenvalue weighted by Crippen LogP contribution is 2.40. The highest BCUT2D eigenvalue weighted by Gasteiger charge is 2.47. The summed E-state index contributed by atoms with van der Waals surface area (Å²) in [4.78, 5) is 30.9. The molecule has 1 spiro atoms. The monoisotopic (exact) mass is 338 g/mol. The first-order valence-corrected chi connectivity index (χ1v) is 8.20. The Morgan fingerprint density at radius 3 is 2.84 bits per heavy atom. The Morgan fingerprint density at radius 2 is 2.08 bits per heavy atom. The van der Waals surface area contributed by atoms with Gasteiger partial charge in [0, 0.05) is 30.9 Å². The van der Waals surface area contributed by atoms with Gasteiger partial charge in [0.05, 0.1) is 25.6 Å². The second-order valence-corrected chi connectivity index (χ2v) is 6.46. The van der Waals surface area contributed by atoms with E-state index in [1.54, 1.807) is 54.7 Å². The topological polar surface area (TPSA) is 68.7 Å². The van der Waals surface area contributed by atoms with Gasteiger partial charge in [-0.15, -0.1) is 0 Å². The lowest BCUT2D eigenvalue weighted by Crippen LogP contribution is -2.45. The van der Waals surface area contributed by atoms with E-state index in [0.29, 0.717) is 42.1 Å². The lowest BCUT2D eigenvalue weighted by molar-refractivity contribution is 0.0427. The molecule has 0 radical (unpaired) electrons. The number of pyridine rings is 1. The standard InChI is InChI=1S/C19H18N2O4/c1-24-14-2-3-17-15(10-14)16(22)11-19(25-17)6-9-21(12-19)18(23)13-4-7-20-8-5-13/h2-5,7-8,10H,6,9,11-12H2,1H3. The number of hydrogen-bond acceptors (Lipinski definition) is 5. The molecule has 1 fully saturated rings. The largest absolute Gasteiger partial charge is 0.497 e. The third-order valence-corrected chi connectivity index (χ3v) is 4.83. The van der Waals surface area contributed by atoms with E-state index in [2.05, 4.69) is 4.98 Å². The number of ether oxygens (including phenoxy) is 2. The van der Waals surface area contributed by atoms with Crippen LogP contribution >= 0.6 is 0 Å². The molecule has 0 bridgehead atoms. The molecule has 0 saturated carbocycles. The molecular weight excluding hydrogens is 320 g/mol. The van der Waals surface area contributed by atoms with Crippen molar-refractivity contribution in [1.82, 2.24) is 9.88 Å². The van der Waals surface area contributed by atoms with Crippen LogP contribution in [0.1, 0.15) is 33.6 Å². The molecule has 3 heterocycles. The number of benzene rings is 1. The highest BCUT2D eigenvalue weighted by molar-refractivity contribution is 6.01. The van der Waals surface area contributed by atoms with Gasteiger partial charge in [-0.1, -0.05) is 0 Å². The minimum absolute atomic E-state index is 0.0263. The molecule has 0 aliphatic carbocycles.